The minimum absolute atomic E-state index is 0.186. The van der Waals surface area contributed by atoms with Crippen molar-refractivity contribution in [3.63, 3.8) is 0 Å². The van der Waals surface area contributed by atoms with Crippen LogP contribution in [0.3, 0.4) is 0 Å². The Hall–Kier alpha value is -1.51. The SMILES string of the molecule is CC(C(=O)Nc1ccc(Cl)cc1Cl)N1C[C@@H](C(F)(F)F)[C@H](C(=O)O)C1. The van der Waals surface area contributed by atoms with E-state index in [4.69, 9.17) is 28.3 Å². The Morgan fingerprint density at radius 1 is 1.32 bits per heavy atom. The van der Waals surface area contributed by atoms with E-state index in [1.54, 1.807) is 0 Å². The van der Waals surface area contributed by atoms with E-state index in [0.717, 1.165) is 0 Å². The molecule has 1 unspecified atom stereocenters. The molecule has 1 heterocycles. The Morgan fingerprint density at radius 3 is 2.44 bits per heavy atom. The van der Waals surface area contributed by atoms with Gasteiger partial charge in [-0.2, -0.15) is 13.2 Å². The zero-order valence-corrected chi connectivity index (χ0v) is 14.5. The monoisotopic (exact) mass is 398 g/mol. The molecule has 1 amide bonds. The van der Waals surface area contributed by atoms with E-state index in [9.17, 15) is 22.8 Å². The van der Waals surface area contributed by atoms with E-state index in [0.29, 0.717) is 5.02 Å². The molecule has 10 heteroatoms. The van der Waals surface area contributed by atoms with Crippen LogP contribution in [0.15, 0.2) is 18.2 Å². The molecule has 0 bridgehead atoms. The van der Waals surface area contributed by atoms with Crippen molar-refractivity contribution in [2.75, 3.05) is 18.4 Å². The van der Waals surface area contributed by atoms with Gasteiger partial charge in [0.1, 0.15) is 0 Å². The summed E-state index contributed by atoms with van der Waals surface area (Å²) in [5, 5.41) is 12.1. The number of aliphatic carboxylic acids is 1. The standard InChI is InChI=1S/C15H15Cl2F3N2O3/c1-7(13(23)21-12-3-2-8(16)4-11(12)17)22-5-9(14(24)25)10(6-22)15(18,19)20/h2-4,7,9-10H,5-6H2,1H3,(H,21,23)(H,24,25)/t7?,9-,10-/m1/s1. The van der Waals surface area contributed by atoms with Gasteiger partial charge in [0.25, 0.3) is 0 Å². The van der Waals surface area contributed by atoms with Crippen LogP contribution in [0.5, 0.6) is 0 Å². The largest absolute Gasteiger partial charge is 0.481 e. The second-order valence-electron chi connectivity index (χ2n) is 5.84. The third kappa shape index (κ3) is 4.56. The molecule has 1 aromatic carbocycles. The van der Waals surface area contributed by atoms with Crippen LogP contribution in [0, 0.1) is 11.8 Å². The van der Waals surface area contributed by atoms with Crippen LogP contribution >= 0.6 is 23.2 Å². The number of carboxylic acid groups (broad SMARTS) is 1. The molecule has 138 valence electrons. The highest BCUT2D eigenvalue weighted by Gasteiger charge is 2.53. The number of likely N-dealkylation sites (tertiary alicyclic amines) is 1. The van der Waals surface area contributed by atoms with Crippen LogP contribution < -0.4 is 5.32 Å². The predicted molar refractivity (Wildman–Crippen MR) is 86.8 cm³/mol. The third-order valence-electron chi connectivity index (χ3n) is 4.20. The lowest BCUT2D eigenvalue weighted by Gasteiger charge is -2.24. The van der Waals surface area contributed by atoms with Crippen LogP contribution in [0.1, 0.15) is 6.92 Å². The average Bonchev–Trinajstić information content (AvgIpc) is 2.94. The Labute approximate surface area is 151 Å². The molecule has 2 N–H and O–H groups in total. The number of hydrogen-bond acceptors (Lipinski definition) is 3. The fourth-order valence-electron chi connectivity index (χ4n) is 2.73. The predicted octanol–water partition coefficient (Wildman–Crippen LogP) is 3.52. The molecule has 1 saturated heterocycles. The van der Waals surface area contributed by atoms with Gasteiger partial charge in [-0.25, -0.2) is 0 Å². The van der Waals surface area contributed by atoms with Gasteiger partial charge in [-0.1, -0.05) is 23.2 Å². The van der Waals surface area contributed by atoms with Gasteiger partial charge < -0.3 is 10.4 Å². The number of amides is 1. The van der Waals surface area contributed by atoms with E-state index >= 15 is 0 Å². The Kier molecular flexibility index (Phi) is 5.86. The Morgan fingerprint density at radius 2 is 1.96 bits per heavy atom. The first-order chi connectivity index (χ1) is 11.5. The molecule has 3 atom stereocenters. The molecule has 1 fully saturated rings. The quantitative estimate of drug-likeness (QED) is 0.813. The Balaban J connectivity index is 2.10. The maximum atomic E-state index is 13.0. The molecule has 0 spiro atoms. The lowest BCUT2D eigenvalue weighted by Crippen LogP contribution is -2.41. The normalized spacial score (nSPS) is 22.6. The van der Waals surface area contributed by atoms with Gasteiger partial charge in [-0.15, -0.1) is 0 Å². The van der Waals surface area contributed by atoms with Gasteiger partial charge in [-0.05, 0) is 25.1 Å². The summed E-state index contributed by atoms with van der Waals surface area (Å²) in [5.41, 5.74) is 0.268. The van der Waals surface area contributed by atoms with Crippen molar-refractivity contribution in [3.05, 3.63) is 28.2 Å². The second-order valence-corrected chi connectivity index (χ2v) is 6.68. The zero-order valence-electron chi connectivity index (χ0n) is 13.0. The van der Waals surface area contributed by atoms with Crippen LogP contribution in [-0.4, -0.2) is 47.2 Å². The van der Waals surface area contributed by atoms with E-state index in [1.807, 2.05) is 0 Å². The molecule has 25 heavy (non-hydrogen) atoms. The first-order valence-electron chi connectivity index (χ1n) is 7.30. The molecule has 5 nitrogen and oxygen atoms in total. The number of halogens is 5. The number of carbonyl (C=O) groups is 2. The first kappa shape index (κ1) is 19.8. The van der Waals surface area contributed by atoms with Crippen LogP contribution in [0.25, 0.3) is 0 Å². The van der Waals surface area contributed by atoms with E-state index < -0.39 is 42.5 Å². The second kappa shape index (κ2) is 7.39. The number of carbonyl (C=O) groups excluding carboxylic acids is 1. The van der Waals surface area contributed by atoms with Gasteiger partial charge in [0.2, 0.25) is 5.91 Å². The van der Waals surface area contributed by atoms with Crippen molar-refractivity contribution in [2.45, 2.75) is 19.1 Å². The molecular weight excluding hydrogens is 384 g/mol. The van der Waals surface area contributed by atoms with Gasteiger partial charge in [0.05, 0.1) is 28.6 Å². The van der Waals surface area contributed by atoms with Crippen LogP contribution in [-0.2, 0) is 9.59 Å². The highest BCUT2D eigenvalue weighted by molar-refractivity contribution is 6.36. The number of nitrogens with zero attached hydrogens (tertiary/aromatic N) is 1. The lowest BCUT2D eigenvalue weighted by molar-refractivity contribution is -0.188. The van der Waals surface area contributed by atoms with Gasteiger partial charge in [0.15, 0.2) is 0 Å². The van der Waals surface area contributed by atoms with Crippen molar-refractivity contribution < 1.29 is 27.9 Å². The number of hydrogen-bond donors (Lipinski definition) is 2. The molecule has 2 rings (SSSR count). The van der Waals surface area contributed by atoms with E-state index in [1.165, 1.54) is 30.0 Å². The van der Waals surface area contributed by atoms with Crippen molar-refractivity contribution in [1.29, 1.82) is 0 Å². The number of anilines is 1. The molecule has 0 saturated carbocycles. The van der Waals surface area contributed by atoms with E-state index in [-0.39, 0.29) is 17.3 Å². The van der Waals surface area contributed by atoms with E-state index in [2.05, 4.69) is 5.32 Å². The van der Waals surface area contributed by atoms with Gasteiger partial charge >= 0.3 is 12.1 Å². The van der Waals surface area contributed by atoms with Crippen molar-refractivity contribution >= 4 is 40.8 Å². The van der Waals surface area contributed by atoms with Crippen LogP contribution in [0.4, 0.5) is 18.9 Å². The van der Waals surface area contributed by atoms with Gasteiger partial charge in [0, 0.05) is 18.1 Å². The third-order valence-corrected chi connectivity index (χ3v) is 4.75. The summed E-state index contributed by atoms with van der Waals surface area (Å²) in [4.78, 5) is 24.6. The van der Waals surface area contributed by atoms with Crippen molar-refractivity contribution in [1.82, 2.24) is 4.90 Å². The molecule has 0 radical (unpaired) electrons. The highest BCUT2D eigenvalue weighted by Crippen LogP contribution is 2.38. The maximum Gasteiger partial charge on any atom is 0.393 e. The first-order valence-corrected chi connectivity index (χ1v) is 8.05. The minimum atomic E-state index is -4.65. The summed E-state index contributed by atoms with van der Waals surface area (Å²) < 4.78 is 39.1. The average molecular weight is 399 g/mol. The highest BCUT2D eigenvalue weighted by atomic mass is 35.5. The topological polar surface area (TPSA) is 69.6 Å². The smallest absolute Gasteiger partial charge is 0.393 e. The van der Waals surface area contributed by atoms with Crippen molar-refractivity contribution in [3.8, 4) is 0 Å². The number of alkyl halides is 3. The Bertz CT molecular complexity index is 684. The number of benzene rings is 1. The van der Waals surface area contributed by atoms with Crippen molar-refractivity contribution in [2.24, 2.45) is 11.8 Å². The zero-order chi connectivity index (χ0) is 18.9. The summed E-state index contributed by atoms with van der Waals surface area (Å²) in [7, 11) is 0. The molecule has 1 aromatic rings. The van der Waals surface area contributed by atoms with Gasteiger partial charge in [-0.3, -0.25) is 14.5 Å². The fraction of sp³-hybridized carbons (Fsp3) is 0.467. The molecule has 0 aromatic heterocycles. The summed E-state index contributed by atoms with van der Waals surface area (Å²) in [5.74, 6) is -5.73. The summed E-state index contributed by atoms with van der Waals surface area (Å²) in [6, 6.07) is 3.43. The summed E-state index contributed by atoms with van der Waals surface area (Å²) in [6.07, 6.45) is -4.65. The number of rotatable bonds is 4. The minimum Gasteiger partial charge on any atom is -0.481 e. The lowest BCUT2D eigenvalue weighted by atomic mass is 9.96. The maximum absolute atomic E-state index is 13.0. The summed E-state index contributed by atoms with van der Waals surface area (Å²) in [6.45, 7) is 0.503. The summed E-state index contributed by atoms with van der Waals surface area (Å²) >= 11 is 11.7. The van der Waals surface area contributed by atoms with Crippen LogP contribution in [0.2, 0.25) is 10.0 Å². The fourth-order valence-corrected chi connectivity index (χ4v) is 3.18. The molecular formula is C15H15Cl2F3N2O3. The number of carboxylic acids is 1. The molecule has 0 aliphatic carbocycles. The number of nitrogens with one attached hydrogen (secondary N) is 1. The molecule has 1 aliphatic heterocycles. The molecule has 1 aliphatic rings.